The van der Waals surface area contributed by atoms with Crippen molar-refractivity contribution in [3.05, 3.63) is 40.9 Å². The van der Waals surface area contributed by atoms with Crippen molar-refractivity contribution < 1.29 is 0 Å². The van der Waals surface area contributed by atoms with E-state index in [1.54, 1.807) is 11.3 Å². The Morgan fingerprint density at radius 2 is 2.21 bits per heavy atom. The Morgan fingerprint density at radius 3 is 2.93 bits per heavy atom. The molecule has 0 saturated heterocycles. The predicted octanol–water partition coefficient (Wildman–Crippen LogP) is 3.64. The van der Waals surface area contributed by atoms with E-state index in [1.807, 2.05) is 6.08 Å². The van der Waals surface area contributed by atoms with E-state index in [1.165, 1.54) is 15.8 Å². The summed E-state index contributed by atoms with van der Waals surface area (Å²) in [5.74, 6) is 0. The fourth-order valence-electron chi connectivity index (χ4n) is 1.65. The smallest absolute Gasteiger partial charge is 0.0907 e. The first-order chi connectivity index (χ1) is 6.72. The number of benzene rings is 1. The van der Waals surface area contributed by atoms with E-state index in [0.29, 0.717) is 0 Å². The van der Waals surface area contributed by atoms with Crippen LogP contribution in [0.4, 0.5) is 0 Å². The fraction of sp³-hybridized carbons (Fsp3) is 0.250. The van der Waals surface area contributed by atoms with E-state index in [9.17, 15) is 0 Å². The zero-order chi connectivity index (χ0) is 10.1. The van der Waals surface area contributed by atoms with Crippen molar-refractivity contribution in [1.82, 2.24) is 4.98 Å². The van der Waals surface area contributed by atoms with Gasteiger partial charge >= 0.3 is 0 Å². The number of aryl methyl sites for hydroxylation is 2. The first kappa shape index (κ1) is 9.41. The first-order valence-electron chi connectivity index (χ1n) is 4.69. The number of aromatic nitrogens is 1. The highest BCUT2D eigenvalue weighted by Crippen LogP contribution is 2.26. The minimum Gasteiger partial charge on any atom is -0.241 e. The monoisotopic (exact) mass is 203 g/mol. The number of hydrogen-bond donors (Lipinski definition) is 0. The molecule has 2 aromatic rings. The number of hydrogen-bond acceptors (Lipinski definition) is 2. The van der Waals surface area contributed by atoms with Crippen LogP contribution in [-0.4, -0.2) is 4.98 Å². The van der Waals surface area contributed by atoms with Gasteiger partial charge in [-0.1, -0.05) is 12.1 Å². The summed E-state index contributed by atoms with van der Waals surface area (Å²) in [7, 11) is 0. The number of rotatable bonds is 2. The first-order valence-corrected chi connectivity index (χ1v) is 5.50. The summed E-state index contributed by atoms with van der Waals surface area (Å²) in [6.07, 6.45) is 2.87. The molecule has 0 fully saturated rings. The van der Waals surface area contributed by atoms with E-state index in [-0.39, 0.29) is 0 Å². The van der Waals surface area contributed by atoms with Gasteiger partial charge in [0.25, 0.3) is 0 Å². The second kappa shape index (κ2) is 3.54. The molecule has 0 radical (unpaired) electrons. The molecule has 0 amide bonds. The van der Waals surface area contributed by atoms with Gasteiger partial charge in [0.15, 0.2) is 0 Å². The summed E-state index contributed by atoms with van der Waals surface area (Å²) >= 11 is 1.76. The minimum absolute atomic E-state index is 0.929. The lowest BCUT2D eigenvalue weighted by molar-refractivity contribution is 1.22. The largest absolute Gasteiger partial charge is 0.241 e. The zero-order valence-electron chi connectivity index (χ0n) is 8.50. The number of thiazole rings is 1. The van der Waals surface area contributed by atoms with Crippen LogP contribution in [0.1, 0.15) is 16.1 Å². The Balaban J connectivity index is 2.67. The zero-order valence-corrected chi connectivity index (χ0v) is 9.32. The van der Waals surface area contributed by atoms with Crippen LogP contribution in [0.25, 0.3) is 10.2 Å². The molecular weight excluding hydrogens is 190 g/mol. The average Bonchev–Trinajstić information content (AvgIpc) is 2.52. The van der Waals surface area contributed by atoms with Crippen LogP contribution in [0.2, 0.25) is 0 Å². The third kappa shape index (κ3) is 1.46. The molecule has 1 heterocycles. The second-order valence-electron chi connectivity index (χ2n) is 3.42. The molecule has 0 aliphatic heterocycles. The van der Waals surface area contributed by atoms with Crippen molar-refractivity contribution in [1.29, 1.82) is 0 Å². The lowest BCUT2D eigenvalue weighted by Crippen LogP contribution is -1.87. The van der Waals surface area contributed by atoms with Crippen molar-refractivity contribution >= 4 is 21.6 Å². The Kier molecular flexibility index (Phi) is 2.38. The molecule has 1 aromatic heterocycles. The van der Waals surface area contributed by atoms with Crippen LogP contribution >= 0.6 is 11.3 Å². The maximum atomic E-state index is 4.54. The number of fused-ring (bicyclic) bond motifs is 1. The highest BCUT2D eigenvalue weighted by Gasteiger charge is 2.06. The molecule has 2 rings (SSSR count). The second-order valence-corrected chi connectivity index (χ2v) is 4.66. The van der Waals surface area contributed by atoms with Gasteiger partial charge in [-0.15, -0.1) is 17.9 Å². The molecule has 0 aliphatic rings. The minimum atomic E-state index is 0.929. The average molecular weight is 203 g/mol. The molecule has 1 nitrogen and oxygen atoms in total. The predicted molar refractivity (Wildman–Crippen MR) is 63.0 cm³/mol. The van der Waals surface area contributed by atoms with Gasteiger partial charge in [-0.2, -0.15) is 0 Å². The van der Waals surface area contributed by atoms with Crippen LogP contribution in [0, 0.1) is 13.8 Å². The van der Waals surface area contributed by atoms with Crippen molar-refractivity contribution in [2.45, 2.75) is 20.3 Å². The Bertz CT molecular complexity index is 482. The molecule has 0 unspecified atom stereocenters. The number of allylic oxidation sites excluding steroid dienone is 1. The van der Waals surface area contributed by atoms with Gasteiger partial charge in [0, 0.05) is 0 Å². The molecule has 0 spiro atoms. The molecule has 0 saturated carbocycles. The van der Waals surface area contributed by atoms with Crippen LogP contribution in [0.15, 0.2) is 24.8 Å². The maximum Gasteiger partial charge on any atom is 0.0907 e. The Morgan fingerprint density at radius 1 is 1.43 bits per heavy atom. The van der Waals surface area contributed by atoms with Crippen LogP contribution < -0.4 is 0 Å². The van der Waals surface area contributed by atoms with Gasteiger partial charge in [-0.3, -0.25) is 0 Å². The molecule has 2 heteroatoms. The van der Waals surface area contributed by atoms with E-state index >= 15 is 0 Å². The topological polar surface area (TPSA) is 12.9 Å². The SMILES string of the molecule is C=CCc1ccc2sc(C)nc2c1C. The Labute approximate surface area is 88.1 Å². The molecule has 72 valence electrons. The van der Waals surface area contributed by atoms with Crippen molar-refractivity contribution in [3.63, 3.8) is 0 Å². The van der Waals surface area contributed by atoms with Crippen LogP contribution in [0.5, 0.6) is 0 Å². The van der Waals surface area contributed by atoms with Gasteiger partial charge in [-0.25, -0.2) is 4.98 Å². The lowest BCUT2D eigenvalue weighted by atomic mass is 10.1. The lowest BCUT2D eigenvalue weighted by Gasteiger charge is -2.02. The highest BCUT2D eigenvalue weighted by molar-refractivity contribution is 7.18. The summed E-state index contributed by atoms with van der Waals surface area (Å²) in [6.45, 7) is 7.96. The molecule has 1 aromatic carbocycles. The van der Waals surface area contributed by atoms with Gasteiger partial charge in [0.05, 0.1) is 15.2 Å². The van der Waals surface area contributed by atoms with Gasteiger partial charge in [0.2, 0.25) is 0 Å². The number of nitrogens with zero attached hydrogens (tertiary/aromatic N) is 1. The molecule has 0 atom stereocenters. The van der Waals surface area contributed by atoms with E-state index in [4.69, 9.17) is 0 Å². The van der Waals surface area contributed by atoms with Crippen molar-refractivity contribution in [2.75, 3.05) is 0 Å². The van der Waals surface area contributed by atoms with Crippen LogP contribution in [0.3, 0.4) is 0 Å². The summed E-state index contributed by atoms with van der Waals surface area (Å²) in [4.78, 5) is 4.54. The molecule has 0 aliphatic carbocycles. The van der Waals surface area contributed by atoms with Crippen molar-refractivity contribution in [3.8, 4) is 0 Å². The standard InChI is InChI=1S/C12H13NS/c1-4-5-10-6-7-11-12(8(10)2)13-9(3)14-11/h4,6-7H,1,5H2,2-3H3. The third-order valence-electron chi connectivity index (χ3n) is 2.40. The van der Waals surface area contributed by atoms with Gasteiger partial charge in [-0.05, 0) is 37.5 Å². The van der Waals surface area contributed by atoms with Gasteiger partial charge in [0.1, 0.15) is 0 Å². The molecule has 14 heavy (non-hydrogen) atoms. The summed E-state index contributed by atoms with van der Waals surface area (Å²) in [5, 5.41) is 1.14. The van der Waals surface area contributed by atoms with Crippen LogP contribution in [-0.2, 0) is 6.42 Å². The molecule has 0 bridgehead atoms. The summed E-state index contributed by atoms with van der Waals surface area (Å²) in [6, 6.07) is 4.34. The Hall–Kier alpha value is -1.15. The normalized spacial score (nSPS) is 10.7. The van der Waals surface area contributed by atoms with E-state index in [2.05, 4.69) is 37.5 Å². The third-order valence-corrected chi connectivity index (χ3v) is 3.33. The quantitative estimate of drug-likeness (QED) is 0.679. The van der Waals surface area contributed by atoms with E-state index in [0.717, 1.165) is 16.9 Å². The van der Waals surface area contributed by atoms with Crippen molar-refractivity contribution in [2.24, 2.45) is 0 Å². The van der Waals surface area contributed by atoms with E-state index < -0.39 is 0 Å². The summed E-state index contributed by atoms with van der Waals surface area (Å²) < 4.78 is 1.29. The maximum absolute atomic E-state index is 4.54. The molecule has 0 N–H and O–H groups in total. The van der Waals surface area contributed by atoms with Gasteiger partial charge < -0.3 is 0 Å². The highest BCUT2D eigenvalue weighted by atomic mass is 32.1. The summed E-state index contributed by atoms with van der Waals surface area (Å²) in [5.41, 5.74) is 3.79. The molecular formula is C12H13NS. The fourth-order valence-corrected chi connectivity index (χ4v) is 2.54.